The molecule has 1 aromatic carbocycles. The second kappa shape index (κ2) is 6.15. The summed E-state index contributed by atoms with van der Waals surface area (Å²) in [7, 11) is 0. The fourth-order valence-electron chi connectivity index (χ4n) is 4.48. The van der Waals surface area contributed by atoms with E-state index in [0.29, 0.717) is 6.61 Å². The Morgan fingerprint density at radius 3 is 2.76 bits per heavy atom. The van der Waals surface area contributed by atoms with Gasteiger partial charge in [0.1, 0.15) is 29.8 Å². The zero-order valence-corrected chi connectivity index (χ0v) is 16.3. The Morgan fingerprint density at radius 1 is 1.17 bits per heavy atom. The predicted octanol–water partition coefficient (Wildman–Crippen LogP) is 3.72. The summed E-state index contributed by atoms with van der Waals surface area (Å²) >= 11 is 0. The van der Waals surface area contributed by atoms with Gasteiger partial charge in [0.15, 0.2) is 5.75 Å². The Bertz CT molecular complexity index is 1200. The standard InChI is InChI=1S/C22H21N5O2/c1-12-19(13(2)29-26-12)14-6-7-16-20-21(14)28-11-18(15-5-3-4-9-23-15)27(20)22(25-16)17-8-10-24-17/h3-7,9,17-18,24H,8,10-11H2,1-2H3/t17?,18-/m1/s1. The molecule has 3 aromatic heterocycles. The lowest BCUT2D eigenvalue weighted by molar-refractivity contribution is 0.245. The Hall–Kier alpha value is -3.19. The van der Waals surface area contributed by atoms with Crippen molar-refractivity contribution >= 4 is 11.0 Å². The van der Waals surface area contributed by atoms with Gasteiger partial charge in [0.25, 0.3) is 0 Å². The molecule has 2 aliphatic rings. The second-order valence-corrected chi connectivity index (χ2v) is 7.73. The third kappa shape index (κ3) is 2.37. The number of hydrogen-bond donors (Lipinski definition) is 1. The van der Waals surface area contributed by atoms with Gasteiger partial charge in [0.05, 0.1) is 28.5 Å². The summed E-state index contributed by atoms with van der Waals surface area (Å²) in [5.74, 6) is 2.70. The van der Waals surface area contributed by atoms with Crippen molar-refractivity contribution in [3.05, 3.63) is 59.5 Å². The molecule has 2 atom stereocenters. The first kappa shape index (κ1) is 16.7. The third-order valence-electron chi connectivity index (χ3n) is 6.00. The number of aromatic nitrogens is 4. The van der Waals surface area contributed by atoms with Crippen molar-refractivity contribution in [3.63, 3.8) is 0 Å². The van der Waals surface area contributed by atoms with Crippen LogP contribution in [-0.4, -0.2) is 32.8 Å². The van der Waals surface area contributed by atoms with Crippen LogP contribution >= 0.6 is 0 Å². The van der Waals surface area contributed by atoms with Crippen LogP contribution in [0.3, 0.4) is 0 Å². The summed E-state index contributed by atoms with van der Waals surface area (Å²) in [5, 5.41) is 7.64. The van der Waals surface area contributed by atoms with E-state index in [1.165, 1.54) is 0 Å². The molecular weight excluding hydrogens is 366 g/mol. The minimum atomic E-state index is -0.00832. The normalized spacial score (nSPS) is 20.5. The third-order valence-corrected chi connectivity index (χ3v) is 6.00. The van der Waals surface area contributed by atoms with Crippen LogP contribution in [0.1, 0.15) is 41.5 Å². The number of benzene rings is 1. The van der Waals surface area contributed by atoms with Crippen LogP contribution in [0.2, 0.25) is 0 Å². The van der Waals surface area contributed by atoms with Gasteiger partial charge in [-0.05, 0) is 51.1 Å². The number of pyridine rings is 1. The highest BCUT2D eigenvalue weighted by molar-refractivity contribution is 5.93. The number of hydrogen-bond acceptors (Lipinski definition) is 6. The van der Waals surface area contributed by atoms with E-state index in [4.69, 9.17) is 14.2 Å². The van der Waals surface area contributed by atoms with Crippen LogP contribution in [0, 0.1) is 13.8 Å². The predicted molar refractivity (Wildman–Crippen MR) is 108 cm³/mol. The first-order chi connectivity index (χ1) is 14.2. The summed E-state index contributed by atoms with van der Waals surface area (Å²) in [6, 6.07) is 10.4. The highest BCUT2D eigenvalue weighted by Gasteiger charge is 2.35. The molecule has 5 heterocycles. The van der Waals surface area contributed by atoms with Gasteiger partial charge in [0.2, 0.25) is 0 Å². The molecule has 0 spiro atoms. The molecule has 146 valence electrons. The summed E-state index contributed by atoms with van der Waals surface area (Å²) in [6.07, 6.45) is 2.92. The maximum Gasteiger partial charge on any atom is 0.153 e. The van der Waals surface area contributed by atoms with Gasteiger partial charge in [-0.25, -0.2) is 4.98 Å². The Labute approximate surface area is 167 Å². The van der Waals surface area contributed by atoms with Crippen molar-refractivity contribution in [2.75, 3.05) is 13.2 Å². The van der Waals surface area contributed by atoms with E-state index < -0.39 is 0 Å². The van der Waals surface area contributed by atoms with Crippen LogP contribution in [0.15, 0.2) is 41.1 Å². The first-order valence-electron chi connectivity index (χ1n) is 9.97. The molecule has 0 radical (unpaired) electrons. The molecule has 4 aromatic rings. The highest BCUT2D eigenvalue weighted by Crippen LogP contribution is 2.45. The minimum Gasteiger partial charge on any atom is -0.488 e. The molecule has 1 saturated heterocycles. The number of nitrogens with zero attached hydrogens (tertiary/aromatic N) is 4. The van der Waals surface area contributed by atoms with Crippen LogP contribution in [-0.2, 0) is 0 Å². The molecule has 1 unspecified atom stereocenters. The molecule has 7 heteroatoms. The molecule has 0 bridgehead atoms. The maximum absolute atomic E-state index is 6.38. The summed E-state index contributed by atoms with van der Waals surface area (Å²) in [6.45, 7) is 5.43. The van der Waals surface area contributed by atoms with Crippen LogP contribution in [0.4, 0.5) is 0 Å². The number of ether oxygens (including phenoxy) is 1. The molecule has 2 aliphatic heterocycles. The van der Waals surface area contributed by atoms with Crippen molar-refractivity contribution in [1.82, 2.24) is 25.0 Å². The average molecular weight is 387 g/mol. The molecule has 0 saturated carbocycles. The Morgan fingerprint density at radius 2 is 2.07 bits per heavy atom. The van der Waals surface area contributed by atoms with E-state index in [1.54, 1.807) is 0 Å². The quantitative estimate of drug-likeness (QED) is 0.577. The SMILES string of the molecule is Cc1noc(C)c1-c1ccc2nc(C3CCN3)n3c2c1OC[C@@H]3c1ccccn1. The largest absolute Gasteiger partial charge is 0.488 e. The van der Waals surface area contributed by atoms with Crippen LogP contribution in [0.25, 0.3) is 22.2 Å². The Kier molecular flexibility index (Phi) is 3.55. The first-order valence-corrected chi connectivity index (χ1v) is 9.97. The highest BCUT2D eigenvalue weighted by atomic mass is 16.5. The number of imidazole rings is 1. The smallest absolute Gasteiger partial charge is 0.153 e. The summed E-state index contributed by atoms with van der Waals surface area (Å²) in [5.41, 5.74) is 5.81. The molecule has 6 rings (SSSR count). The van der Waals surface area contributed by atoms with Crippen molar-refractivity contribution in [1.29, 1.82) is 0 Å². The zero-order valence-electron chi connectivity index (χ0n) is 16.3. The van der Waals surface area contributed by atoms with E-state index >= 15 is 0 Å². The maximum atomic E-state index is 6.38. The minimum absolute atomic E-state index is 0.00832. The zero-order chi connectivity index (χ0) is 19.5. The average Bonchev–Trinajstić information content (AvgIpc) is 3.24. The lowest BCUT2D eigenvalue weighted by Gasteiger charge is -2.32. The van der Waals surface area contributed by atoms with Crippen molar-refractivity contribution in [2.24, 2.45) is 0 Å². The fourth-order valence-corrected chi connectivity index (χ4v) is 4.48. The van der Waals surface area contributed by atoms with E-state index in [0.717, 1.165) is 63.8 Å². The lowest BCUT2D eigenvalue weighted by Crippen LogP contribution is -2.38. The fraction of sp³-hybridized carbons (Fsp3) is 0.318. The molecule has 1 fully saturated rings. The summed E-state index contributed by atoms with van der Waals surface area (Å²) < 4.78 is 14.1. The van der Waals surface area contributed by atoms with Gasteiger partial charge < -0.3 is 19.1 Å². The van der Waals surface area contributed by atoms with Crippen LogP contribution < -0.4 is 10.1 Å². The van der Waals surface area contributed by atoms with E-state index in [9.17, 15) is 0 Å². The van der Waals surface area contributed by atoms with Gasteiger partial charge in [-0.3, -0.25) is 4.98 Å². The van der Waals surface area contributed by atoms with Crippen molar-refractivity contribution in [2.45, 2.75) is 32.4 Å². The van der Waals surface area contributed by atoms with Crippen molar-refractivity contribution < 1.29 is 9.26 Å². The van der Waals surface area contributed by atoms with E-state index in [2.05, 4.69) is 38.2 Å². The Balaban J connectivity index is 1.64. The number of nitrogens with one attached hydrogen (secondary N) is 1. The number of aryl methyl sites for hydroxylation is 2. The second-order valence-electron chi connectivity index (χ2n) is 7.73. The monoisotopic (exact) mass is 387 g/mol. The van der Waals surface area contributed by atoms with Gasteiger partial charge in [-0.15, -0.1) is 0 Å². The molecule has 29 heavy (non-hydrogen) atoms. The van der Waals surface area contributed by atoms with E-state index in [1.807, 2.05) is 32.2 Å². The van der Waals surface area contributed by atoms with Crippen LogP contribution in [0.5, 0.6) is 5.75 Å². The molecule has 1 N–H and O–H groups in total. The van der Waals surface area contributed by atoms with Gasteiger partial charge in [-0.2, -0.15) is 0 Å². The molecule has 7 nitrogen and oxygen atoms in total. The molecule has 0 aliphatic carbocycles. The topological polar surface area (TPSA) is 78.0 Å². The van der Waals surface area contributed by atoms with Gasteiger partial charge >= 0.3 is 0 Å². The molecule has 0 amide bonds. The number of rotatable bonds is 3. The lowest BCUT2D eigenvalue weighted by atomic mass is 10.0. The van der Waals surface area contributed by atoms with E-state index in [-0.39, 0.29) is 12.1 Å². The van der Waals surface area contributed by atoms with Crippen molar-refractivity contribution in [3.8, 4) is 16.9 Å². The summed E-state index contributed by atoms with van der Waals surface area (Å²) in [4.78, 5) is 9.62. The van der Waals surface area contributed by atoms with Gasteiger partial charge in [-0.1, -0.05) is 11.2 Å². The molecular formula is C22H21N5O2. The van der Waals surface area contributed by atoms with Gasteiger partial charge in [0, 0.05) is 11.8 Å².